The zero-order valence-electron chi connectivity index (χ0n) is 15.3. The zero-order valence-corrected chi connectivity index (χ0v) is 16.0. The third kappa shape index (κ3) is 5.37. The molecule has 6 heteroatoms. The quantitative estimate of drug-likeness (QED) is 0.873. The van der Waals surface area contributed by atoms with E-state index in [1.807, 2.05) is 34.1 Å². The summed E-state index contributed by atoms with van der Waals surface area (Å²) in [6.07, 6.45) is 7.06. The standard InChI is InChI=1S/C20H28ClN3O2/c21-17-6-4-5-16(15-17)9-10-19(25)23-11-13-24(14-12-23)20(26)22-18-7-2-1-3-8-18/h4-6,15,18H,1-3,7-14H2,(H,22,26). The van der Waals surface area contributed by atoms with Gasteiger partial charge in [-0.2, -0.15) is 0 Å². The van der Waals surface area contributed by atoms with Crippen LogP contribution < -0.4 is 5.32 Å². The van der Waals surface area contributed by atoms with Crippen LogP contribution in [0, 0.1) is 0 Å². The molecule has 1 saturated carbocycles. The first kappa shape index (κ1) is 19.0. The predicted molar refractivity (Wildman–Crippen MR) is 103 cm³/mol. The Morgan fingerprint density at radius 3 is 2.42 bits per heavy atom. The maximum atomic E-state index is 12.4. The number of rotatable bonds is 4. The number of aryl methyl sites for hydroxylation is 1. The molecule has 0 spiro atoms. The van der Waals surface area contributed by atoms with Crippen molar-refractivity contribution in [3.8, 4) is 0 Å². The van der Waals surface area contributed by atoms with Crippen LogP contribution in [0.1, 0.15) is 44.1 Å². The number of hydrogen-bond acceptors (Lipinski definition) is 2. The number of amides is 3. The summed E-state index contributed by atoms with van der Waals surface area (Å²) in [7, 11) is 0. The second-order valence-electron chi connectivity index (χ2n) is 7.28. The lowest BCUT2D eigenvalue weighted by molar-refractivity contribution is -0.132. The first-order chi connectivity index (χ1) is 12.6. The average Bonchev–Trinajstić information content (AvgIpc) is 2.67. The molecule has 26 heavy (non-hydrogen) atoms. The molecule has 5 nitrogen and oxygen atoms in total. The summed E-state index contributed by atoms with van der Waals surface area (Å²) in [5.41, 5.74) is 1.08. The van der Waals surface area contributed by atoms with Crippen LogP contribution in [0.4, 0.5) is 4.79 Å². The maximum absolute atomic E-state index is 12.4. The van der Waals surface area contributed by atoms with E-state index in [4.69, 9.17) is 11.6 Å². The Morgan fingerprint density at radius 2 is 1.73 bits per heavy atom. The van der Waals surface area contributed by atoms with Crippen molar-refractivity contribution in [3.63, 3.8) is 0 Å². The fourth-order valence-electron chi connectivity index (χ4n) is 3.77. The van der Waals surface area contributed by atoms with Gasteiger partial charge in [0.05, 0.1) is 0 Å². The van der Waals surface area contributed by atoms with Crippen LogP contribution in [0.15, 0.2) is 24.3 Å². The summed E-state index contributed by atoms with van der Waals surface area (Å²) in [5.74, 6) is 0.150. The number of carbonyl (C=O) groups excluding carboxylic acids is 2. The van der Waals surface area contributed by atoms with Crippen molar-refractivity contribution >= 4 is 23.5 Å². The van der Waals surface area contributed by atoms with Crippen LogP contribution in [0.3, 0.4) is 0 Å². The van der Waals surface area contributed by atoms with Gasteiger partial charge in [-0.25, -0.2) is 4.79 Å². The number of carbonyl (C=O) groups is 2. The summed E-state index contributed by atoms with van der Waals surface area (Å²) in [5, 5.41) is 3.86. The van der Waals surface area contributed by atoms with Gasteiger partial charge in [0, 0.05) is 43.7 Å². The summed E-state index contributed by atoms with van der Waals surface area (Å²) in [4.78, 5) is 28.5. The molecule has 2 aliphatic rings. The van der Waals surface area contributed by atoms with Gasteiger partial charge in [-0.3, -0.25) is 4.79 Å². The Bertz CT molecular complexity index is 623. The molecule has 0 aromatic heterocycles. The molecule has 3 amide bonds. The van der Waals surface area contributed by atoms with E-state index in [0.717, 1.165) is 18.4 Å². The van der Waals surface area contributed by atoms with Crippen LogP contribution in [-0.4, -0.2) is 54.0 Å². The highest BCUT2D eigenvalue weighted by Gasteiger charge is 2.25. The molecule has 0 radical (unpaired) electrons. The molecule has 1 N–H and O–H groups in total. The molecule has 1 aliphatic heterocycles. The summed E-state index contributed by atoms with van der Waals surface area (Å²) >= 11 is 5.99. The van der Waals surface area contributed by atoms with Crippen LogP contribution in [0.5, 0.6) is 0 Å². The average molecular weight is 378 g/mol. The van der Waals surface area contributed by atoms with Gasteiger partial charge >= 0.3 is 6.03 Å². The molecule has 0 unspecified atom stereocenters. The molecule has 1 aromatic carbocycles. The highest BCUT2D eigenvalue weighted by atomic mass is 35.5. The predicted octanol–water partition coefficient (Wildman–Crippen LogP) is 3.46. The van der Waals surface area contributed by atoms with E-state index < -0.39 is 0 Å². The Morgan fingerprint density at radius 1 is 1.04 bits per heavy atom. The second kappa shape index (κ2) is 9.26. The van der Waals surface area contributed by atoms with Crippen molar-refractivity contribution in [1.82, 2.24) is 15.1 Å². The summed E-state index contributed by atoms with van der Waals surface area (Å²) in [6, 6.07) is 8.00. The lowest BCUT2D eigenvalue weighted by atomic mass is 9.96. The van der Waals surface area contributed by atoms with Gasteiger partial charge in [-0.15, -0.1) is 0 Å². The third-order valence-electron chi connectivity index (χ3n) is 5.37. The van der Waals surface area contributed by atoms with Gasteiger partial charge < -0.3 is 15.1 Å². The van der Waals surface area contributed by atoms with Crippen LogP contribution in [-0.2, 0) is 11.2 Å². The van der Waals surface area contributed by atoms with E-state index in [0.29, 0.717) is 50.1 Å². The Hall–Kier alpha value is -1.75. The Balaban J connectivity index is 1.39. The molecule has 1 heterocycles. The maximum Gasteiger partial charge on any atom is 0.317 e. The Kier molecular flexibility index (Phi) is 6.78. The number of urea groups is 1. The number of halogens is 1. The fraction of sp³-hybridized carbons (Fsp3) is 0.600. The normalized spacial score (nSPS) is 18.7. The van der Waals surface area contributed by atoms with Gasteiger partial charge in [0.25, 0.3) is 0 Å². The van der Waals surface area contributed by atoms with Crippen LogP contribution in [0.2, 0.25) is 5.02 Å². The molecule has 1 aliphatic carbocycles. The lowest BCUT2D eigenvalue weighted by Crippen LogP contribution is -2.54. The van der Waals surface area contributed by atoms with Crippen LogP contribution >= 0.6 is 11.6 Å². The molecule has 142 valence electrons. The number of nitrogens with zero attached hydrogens (tertiary/aromatic N) is 2. The molecule has 2 fully saturated rings. The minimum absolute atomic E-state index is 0.0305. The van der Waals surface area contributed by atoms with Crippen molar-refractivity contribution in [2.45, 2.75) is 51.0 Å². The van der Waals surface area contributed by atoms with Gasteiger partial charge in [0.15, 0.2) is 0 Å². The topological polar surface area (TPSA) is 52.7 Å². The van der Waals surface area contributed by atoms with Gasteiger partial charge in [-0.1, -0.05) is 43.0 Å². The van der Waals surface area contributed by atoms with Gasteiger partial charge in [0.1, 0.15) is 0 Å². The molecule has 0 bridgehead atoms. The van der Waals surface area contributed by atoms with E-state index in [9.17, 15) is 9.59 Å². The van der Waals surface area contributed by atoms with E-state index >= 15 is 0 Å². The number of piperazine rings is 1. The fourth-order valence-corrected chi connectivity index (χ4v) is 3.99. The third-order valence-corrected chi connectivity index (χ3v) is 5.60. The molecular formula is C20H28ClN3O2. The van der Waals surface area contributed by atoms with Gasteiger partial charge in [-0.05, 0) is 37.0 Å². The van der Waals surface area contributed by atoms with Crippen molar-refractivity contribution < 1.29 is 9.59 Å². The second-order valence-corrected chi connectivity index (χ2v) is 7.72. The number of hydrogen-bond donors (Lipinski definition) is 1. The summed E-state index contributed by atoms with van der Waals surface area (Å²) < 4.78 is 0. The molecule has 1 saturated heterocycles. The largest absolute Gasteiger partial charge is 0.339 e. The van der Waals surface area contributed by atoms with Crippen molar-refractivity contribution in [3.05, 3.63) is 34.9 Å². The van der Waals surface area contributed by atoms with E-state index in [2.05, 4.69) is 5.32 Å². The lowest BCUT2D eigenvalue weighted by Gasteiger charge is -2.36. The van der Waals surface area contributed by atoms with Crippen LogP contribution in [0.25, 0.3) is 0 Å². The minimum Gasteiger partial charge on any atom is -0.339 e. The highest BCUT2D eigenvalue weighted by molar-refractivity contribution is 6.30. The molecular weight excluding hydrogens is 350 g/mol. The minimum atomic E-state index is 0.0305. The molecule has 1 aromatic rings. The summed E-state index contributed by atoms with van der Waals surface area (Å²) in [6.45, 7) is 2.46. The van der Waals surface area contributed by atoms with E-state index in [1.165, 1.54) is 19.3 Å². The Labute approximate surface area is 160 Å². The SMILES string of the molecule is O=C(CCc1cccc(Cl)c1)N1CCN(C(=O)NC2CCCCC2)CC1. The number of benzene rings is 1. The zero-order chi connectivity index (χ0) is 18.4. The van der Waals surface area contributed by atoms with Crippen molar-refractivity contribution in [2.75, 3.05) is 26.2 Å². The first-order valence-corrected chi connectivity index (χ1v) is 10.1. The van der Waals surface area contributed by atoms with Crippen molar-refractivity contribution in [2.24, 2.45) is 0 Å². The molecule has 0 atom stereocenters. The first-order valence-electron chi connectivity index (χ1n) is 9.69. The van der Waals surface area contributed by atoms with E-state index in [1.54, 1.807) is 0 Å². The number of nitrogens with one attached hydrogen (secondary N) is 1. The van der Waals surface area contributed by atoms with Crippen molar-refractivity contribution in [1.29, 1.82) is 0 Å². The monoisotopic (exact) mass is 377 g/mol. The van der Waals surface area contributed by atoms with E-state index in [-0.39, 0.29) is 11.9 Å². The van der Waals surface area contributed by atoms with Gasteiger partial charge in [0.2, 0.25) is 5.91 Å². The smallest absolute Gasteiger partial charge is 0.317 e. The molecule has 3 rings (SSSR count). The highest BCUT2D eigenvalue weighted by Crippen LogP contribution is 2.18.